The summed E-state index contributed by atoms with van der Waals surface area (Å²) in [6.45, 7) is 15.3. The van der Waals surface area contributed by atoms with E-state index in [1.165, 1.54) is 6.08 Å². The van der Waals surface area contributed by atoms with Crippen molar-refractivity contribution in [3.8, 4) is 0 Å². The summed E-state index contributed by atoms with van der Waals surface area (Å²) >= 11 is 0. The van der Waals surface area contributed by atoms with E-state index in [0.29, 0.717) is 82.6 Å². The fraction of sp³-hybridized carbons (Fsp3) is 0.680. The number of unbranched alkanes of at least 4 members (excludes halogenated alkanes) is 1. The molecule has 2 heterocycles. The van der Waals surface area contributed by atoms with Crippen LogP contribution in [0.1, 0.15) is 45.7 Å². The minimum atomic E-state index is -0.158. The minimum absolute atomic E-state index is 0.0970. The van der Waals surface area contributed by atoms with Crippen LogP contribution in [0.15, 0.2) is 30.6 Å². The van der Waals surface area contributed by atoms with Gasteiger partial charge < -0.3 is 29.7 Å². The zero-order chi connectivity index (χ0) is 26.2. The highest BCUT2D eigenvalue weighted by molar-refractivity contribution is 5.92. The molecular formula is C25H42N6O5. The van der Waals surface area contributed by atoms with Crippen LogP contribution in [0.2, 0.25) is 0 Å². The number of nitrogens with zero attached hydrogens (tertiary/aromatic N) is 4. The number of carbonyl (C=O) groups is 2. The Labute approximate surface area is 214 Å². The molecule has 3 amide bonds. The SMILES string of the molecule is C=C1C=CC(=O)N1Cc1cn(CCOCCOCCOCCNC(=O)NCCCCC(C)(C)C)nn1. The molecule has 202 valence electrons. The minimum Gasteiger partial charge on any atom is -0.377 e. The van der Waals surface area contributed by atoms with Crippen molar-refractivity contribution in [3.05, 3.63) is 36.3 Å². The summed E-state index contributed by atoms with van der Waals surface area (Å²) in [5, 5.41) is 13.8. The Morgan fingerprint density at radius 2 is 1.64 bits per heavy atom. The molecule has 0 unspecified atom stereocenters. The number of urea groups is 1. The molecule has 1 aromatic rings. The van der Waals surface area contributed by atoms with Crippen LogP contribution in [0, 0.1) is 5.41 Å². The van der Waals surface area contributed by atoms with Crippen LogP contribution in [-0.2, 0) is 32.1 Å². The predicted octanol–water partition coefficient (Wildman–Crippen LogP) is 2.26. The summed E-state index contributed by atoms with van der Waals surface area (Å²) in [6.07, 6.45) is 8.22. The third-order valence-corrected chi connectivity index (χ3v) is 5.32. The summed E-state index contributed by atoms with van der Waals surface area (Å²) < 4.78 is 18.2. The third-order valence-electron chi connectivity index (χ3n) is 5.32. The molecular weight excluding hydrogens is 464 g/mol. The molecule has 0 fully saturated rings. The van der Waals surface area contributed by atoms with Gasteiger partial charge in [0.05, 0.1) is 58.9 Å². The number of nitrogens with one attached hydrogen (secondary N) is 2. The van der Waals surface area contributed by atoms with Crippen LogP contribution < -0.4 is 10.6 Å². The molecule has 2 rings (SSSR count). The molecule has 1 aromatic heterocycles. The molecule has 0 radical (unpaired) electrons. The first-order chi connectivity index (χ1) is 17.2. The second kappa shape index (κ2) is 16.1. The van der Waals surface area contributed by atoms with E-state index in [2.05, 4.69) is 48.3 Å². The summed E-state index contributed by atoms with van der Waals surface area (Å²) in [4.78, 5) is 25.0. The number of hydrogen-bond acceptors (Lipinski definition) is 7. The molecule has 1 aliphatic heterocycles. The van der Waals surface area contributed by atoms with Crippen LogP contribution in [0.3, 0.4) is 0 Å². The van der Waals surface area contributed by atoms with Crippen LogP contribution in [0.25, 0.3) is 0 Å². The molecule has 2 N–H and O–H groups in total. The van der Waals surface area contributed by atoms with Gasteiger partial charge in [0.25, 0.3) is 5.91 Å². The van der Waals surface area contributed by atoms with Crippen LogP contribution >= 0.6 is 0 Å². The van der Waals surface area contributed by atoms with Gasteiger partial charge in [-0.25, -0.2) is 9.48 Å². The number of carbonyl (C=O) groups excluding carboxylic acids is 2. The lowest BCUT2D eigenvalue weighted by atomic mass is 9.90. The molecule has 0 atom stereocenters. The number of ether oxygens (including phenoxy) is 3. The zero-order valence-electron chi connectivity index (χ0n) is 22.0. The molecule has 0 aromatic carbocycles. The second-order valence-electron chi connectivity index (χ2n) is 9.76. The van der Waals surface area contributed by atoms with Crippen molar-refractivity contribution in [2.45, 2.75) is 53.1 Å². The van der Waals surface area contributed by atoms with E-state index < -0.39 is 0 Å². The average molecular weight is 507 g/mol. The van der Waals surface area contributed by atoms with E-state index in [0.717, 1.165) is 19.3 Å². The van der Waals surface area contributed by atoms with Crippen molar-refractivity contribution in [1.29, 1.82) is 0 Å². The van der Waals surface area contributed by atoms with E-state index in [-0.39, 0.29) is 11.9 Å². The number of hydrogen-bond donors (Lipinski definition) is 2. The molecule has 0 saturated heterocycles. The predicted molar refractivity (Wildman–Crippen MR) is 136 cm³/mol. The van der Waals surface area contributed by atoms with E-state index >= 15 is 0 Å². The lowest BCUT2D eigenvalue weighted by Crippen LogP contribution is -2.37. The maximum absolute atomic E-state index is 11.7. The van der Waals surface area contributed by atoms with Gasteiger partial charge in [0, 0.05) is 24.9 Å². The van der Waals surface area contributed by atoms with E-state index in [9.17, 15) is 9.59 Å². The first-order valence-corrected chi connectivity index (χ1v) is 12.6. The third kappa shape index (κ3) is 12.8. The highest BCUT2D eigenvalue weighted by Crippen LogP contribution is 2.21. The van der Waals surface area contributed by atoms with Gasteiger partial charge >= 0.3 is 6.03 Å². The van der Waals surface area contributed by atoms with Crippen LogP contribution in [0.4, 0.5) is 4.79 Å². The first kappa shape index (κ1) is 29.5. The first-order valence-electron chi connectivity index (χ1n) is 12.6. The van der Waals surface area contributed by atoms with Gasteiger partial charge in [-0.1, -0.05) is 39.0 Å². The summed E-state index contributed by atoms with van der Waals surface area (Å²) in [6, 6.07) is -0.158. The molecule has 36 heavy (non-hydrogen) atoms. The Bertz CT molecular complexity index is 830. The fourth-order valence-electron chi connectivity index (χ4n) is 3.33. The van der Waals surface area contributed by atoms with Gasteiger partial charge in [-0.3, -0.25) is 4.79 Å². The maximum atomic E-state index is 11.7. The van der Waals surface area contributed by atoms with Gasteiger partial charge in [-0.15, -0.1) is 5.10 Å². The number of amides is 3. The van der Waals surface area contributed by atoms with Crippen molar-refractivity contribution in [3.63, 3.8) is 0 Å². The summed E-state index contributed by atoms with van der Waals surface area (Å²) in [7, 11) is 0. The highest BCUT2D eigenvalue weighted by atomic mass is 16.5. The zero-order valence-corrected chi connectivity index (χ0v) is 22.0. The molecule has 0 spiro atoms. The largest absolute Gasteiger partial charge is 0.377 e. The van der Waals surface area contributed by atoms with Crippen molar-refractivity contribution >= 4 is 11.9 Å². The monoisotopic (exact) mass is 506 g/mol. The smallest absolute Gasteiger partial charge is 0.314 e. The highest BCUT2D eigenvalue weighted by Gasteiger charge is 2.20. The van der Waals surface area contributed by atoms with Crippen molar-refractivity contribution in [1.82, 2.24) is 30.5 Å². The van der Waals surface area contributed by atoms with Crippen molar-refractivity contribution in [2.75, 3.05) is 52.7 Å². The standard InChI is InChI=1S/C25H42N6O5/c1-21-7-8-23(32)31(21)20-22-19-30(29-28-22)12-14-35-16-18-36-17-15-34-13-11-27-24(33)26-10-6-5-9-25(2,3)4/h7-8,19H,1,5-6,9-18,20H2,2-4H3,(H2,26,27,33). The molecule has 0 aliphatic carbocycles. The van der Waals surface area contributed by atoms with E-state index in [4.69, 9.17) is 14.2 Å². The summed E-state index contributed by atoms with van der Waals surface area (Å²) in [5.74, 6) is -0.0970. The van der Waals surface area contributed by atoms with Gasteiger partial charge in [-0.05, 0) is 24.3 Å². The Balaban J connectivity index is 1.35. The molecule has 11 heteroatoms. The summed E-state index contributed by atoms with van der Waals surface area (Å²) in [5.41, 5.74) is 1.69. The number of allylic oxidation sites excluding steroid dienone is 1. The van der Waals surface area contributed by atoms with Gasteiger partial charge in [0.15, 0.2) is 0 Å². The van der Waals surface area contributed by atoms with Gasteiger partial charge in [0.1, 0.15) is 5.69 Å². The quantitative estimate of drug-likeness (QED) is 0.293. The molecule has 11 nitrogen and oxygen atoms in total. The Kier molecular flexibility index (Phi) is 13.2. The molecule has 0 bridgehead atoms. The van der Waals surface area contributed by atoms with Crippen molar-refractivity contribution < 1.29 is 23.8 Å². The number of aromatic nitrogens is 3. The normalized spacial score (nSPS) is 13.6. The lowest BCUT2D eigenvalue weighted by molar-refractivity contribution is -0.123. The van der Waals surface area contributed by atoms with Gasteiger partial charge in [0.2, 0.25) is 0 Å². The van der Waals surface area contributed by atoms with Crippen molar-refractivity contribution in [2.24, 2.45) is 5.41 Å². The Hall–Kier alpha value is -2.76. The maximum Gasteiger partial charge on any atom is 0.314 e. The topological polar surface area (TPSA) is 120 Å². The molecule has 0 saturated carbocycles. The molecule has 1 aliphatic rings. The van der Waals surface area contributed by atoms with Gasteiger partial charge in [-0.2, -0.15) is 0 Å². The average Bonchev–Trinajstić information content (AvgIpc) is 3.40. The Morgan fingerprint density at radius 3 is 2.31 bits per heavy atom. The van der Waals surface area contributed by atoms with E-state index in [1.54, 1.807) is 21.9 Å². The number of rotatable bonds is 18. The lowest BCUT2D eigenvalue weighted by Gasteiger charge is -2.17. The van der Waals surface area contributed by atoms with Crippen LogP contribution in [-0.4, -0.2) is 84.6 Å². The Morgan fingerprint density at radius 1 is 0.972 bits per heavy atom. The van der Waals surface area contributed by atoms with Crippen LogP contribution in [0.5, 0.6) is 0 Å². The van der Waals surface area contributed by atoms with E-state index in [1.807, 2.05) is 0 Å². The second-order valence-corrected chi connectivity index (χ2v) is 9.76. The fourth-order valence-corrected chi connectivity index (χ4v) is 3.33.